The number of rotatable bonds is 4. The number of amides is 1. The minimum Gasteiger partial charge on any atom is -0.489 e. The number of carbonyl (C=O) groups excluding carboxylic acids is 1. The predicted molar refractivity (Wildman–Crippen MR) is 121 cm³/mol. The normalized spacial score (nSPS) is 21.0. The van der Waals surface area contributed by atoms with Gasteiger partial charge in [0.25, 0.3) is 5.91 Å². The molecule has 1 saturated heterocycles. The molecule has 1 fully saturated rings. The van der Waals surface area contributed by atoms with Crippen LogP contribution in [0.3, 0.4) is 0 Å². The van der Waals surface area contributed by atoms with Gasteiger partial charge in [-0.2, -0.15) is 0 Å². The molecule has 0 radical (unpaired) electrons. The Morgan fingerprint density at radius 3 is 2.97 bits per heavy atom. The van der Waals surface area contributed by atoms with Gasteiger partial charge in [-0.3, -0.25) is 9.69 Å². The Labute approximate surface area is 196 Å². The molecule has 2 aliphatic rings. The molecule has 34 heavy (non-hydrogen) atoms. The second kappa shape index (κ2) is 10.1. The van der Waals surface area contributed by atoms with Crippen LogP contribution in [0.2, 0.25) is 0 Å². The molecule has 5 heterocycles. The fourth-order valence-electron chi connectivity index (χ4n) is 4.10. The van der Waals surface area contributed by atoms with E-state index < -0.39 is 0 Å². The van der Waals surface area contributed by atoms with Gasteiger partial charge in [0.15, 0.2) is 11.4 Å². The van der Waals surface area contributed by atoms with E-state index in [1.54, 1.807) is 23.0 Å². The summed E-state index contributed by atoms with van der Waals surface area (Å²) in [6.45, 7) is 5.81. The van der Waals surface area contributed by atoms with Gasteiger partial charge < -0.3 is 20.1 Å². The minimum absolute atomic E-state index is 0.230. The van der Waals surface area contributed by atoms with Gasteiger partial charge in [-0.15, -0.1) is 5.10 Å². The number of likely N-dealkylation sites (tertiary alicyclic amines) is 1. The third-order valence-electron chi connectivity index (χ3n) is 5.70. The van der Waals surface area contributed by atoms with E-state index in [4.69, 9.17) is 9.47 Å². The van der Waals surface area contributed by atoms with Crippen LogP contribution in [0.4, 0.5) is 5.95 Å². The molecule has 1 amide bonds. The molecule has 0 aliphatic carbocycles. The smallest absolute Gasteiger partial charge is 0.274 e. The van der Waals surface area contributed by atoms with Gasteiger partial charge in [-0.1, -0.05) is 5.21 Å². The molecular formula is C22H27N9O3. The van der Waals surface area contributed by atoms with Crippen LogP contribution >= 0.6 is 0 Å². The summed E-state index contributed by atoms with van der Waals surface area (Å²) < 4.78 is 13.7. The number of aromatic nitrogens is 6. The molecule has 5 rings (SSSR count). The lowest BCUT2D eigenvalue weighted by Gasteiger charge is -2.20. The van der Waals surface area contributed by atoms with Crippen LogP contribution in [-0.2, 0) is 24.4 Å². The molecule has 12 heteroatoms. The van der Waals surface area contributed by atoms with Crippen molar-refractivity contribution in [3.05, 3.63) is 53.9 Å². The first-order valence-corrected chi connectivity index (χ1v) is 11.3. The van der Waals surface area contributed by atoms with E-state index in [0.717, 1.165) is 17.8 Å². The van der Waals surface area contributed by atoms with Crippen molar-refractivity contribution >= 4 is 11.9 Å². The third kappa shape index (κ3) is 5.13. The summed E-state index contributed by atoms with van der Waals surface area (Å²) in [7, 11) is 0. The highest BCUT2D eigenvalue weighted by atomic mass is 16.5. The quantitative estimate of drug-likeness (QED) is 0.561. The molecule has 3 aromatic rings. The van der Waals surface area contributed by atoms with Crippen LogP contribution in [0.25, 0.3) is 0 Å². The molecule has 0 unspecified atom stereocenters. The summed E-state index contributed by atoms with van der Waals surface area (Å²) in [4.78, 5) is 28.3. The fourth-order valence-corrected chi connectivity index (χ4v) is 4.10. The van der Waals surface area contributed by atoms with E-state index in [0.29, 0.717) is 51.1 Å². The van der Waals surface area contributed by atoms with Gasteiger partial charge >= 0.3 is 0 Å². The molecule has 3 aromatic heterocycles. The second-order valence-electron chi connectivity index (χ2n) is 8.24. The molecule has 0 saturated carbocycles. The summed E-state index contributed by atoms with van der Waals surface area (Å²) in [6.07, 6.45) is 6.84. The van der Waals surface area contributed by atoms with Crippen LogP contribution in [0.1, 0.15) is 28.7 Å². The summed E-state index contributed by atoms with van der Waals surface area (Å²) in [5, 5.41) is 14.5. The zero-order chi connectivity index (χ0) is 23.3. The van der Waals surface area contributed by atoms with Crippen LogP contribution in [0.5, 0.6) is 5.75 Å². The molecular weight excluding hydrogens is 438 g/mol. The first kappa shape index (κ1) is 22.2. The number of anilines is 1. The van der Waals surface area contributed by atoms with E-state index >= 15 is 0 Å². The average molecular weight is 466 g/mol. The van der Waals surface area contributed by atoms with E-state index in [-0.39, 0.29) is 23.7 Å². The molecule has 12 nitrogen and oxygen atoms in total. The van der Waals surface area contributed by atoms with Crippen molar-refractivity contribution in [3.8, 4) is 5.75 Å². The Balaban J connectivity index is 1.34. The van der Waals surface area contributed by atoms with Crippen LogP contribution in [0, 0.1) is 0 Å². The second-order valence-corrected chi connectivity index (χ2v) is 8.24. The Bertz CT molecular complexity index is 1120. The van der Waals surface area contributed by atoms with E-state index in [2.05, 4.69) is 40.8 Å². The standard InChI is InChI=1S/C22H27N9O3/c1-2-23-22-25-8-15(9-26-22)10-30-12-17-19(13-30)34-14-16-11-31(29-28-16)6-7-33-18-4-3-5-24-20(18)21(32)27-17/h3-5,8-9,11,17,19H,2,6-7,10,12-14H2,1H3,(H,27,32)(H,23,25,26)/t17-,19-/m0/s1. The third-order valence-corrected chi connectivity index (χ3v) is 5.70. The Hall–Kier alpha value is -3.64. The molecule has 2 bridgehead atoms. The van der Waals surface area contributed by atoms with Gasteiger partial charge in [-0.25, -0.2) is 19.6 Å². The molecule has 2 atom stereocenters. The zero-order valence-corrected chi connectivity index (χ0v) is 18.9. The van der Waals surface area contributed by atoms with Crippen molar-refractivity contribution in [3.63, 3.8) is 0 Å². The number of carbonyl (C=O) groups is 1. The molecule has 0 aromatic carbocycles. The Kier molecular flexibility index (Phi) is 6.58. The maximum Gasteiger partial charge on any atom is 0.274 e. The molecule has 0 spiro atoms. The number of hydrogen-bond acceptors (Lipinski definition) is 10. The number of fused-ring (bicyclic) bond motifs is 4. The zero-order valence-electron chi connectivity index (χ0n) is 18.9. The number of nitrogens with one attached hydrogen (secondary N) is 2. The van der Waals surface area contributed by atoms with E-state index in [9.17, 15) is 4.79 Å². The summed E-state index contributed by atoms with van der Waals surface area (Å²) in [5.41, 5.74) is 1.97. The molecule has 178 valence electrons. The average Bonchev–Trinajstić information content (AvgIpc) is 3.45. The molecule has 2 N–H and O–H groups in total. The lowest BCUT2D eigenvalue weighted by atomic mass is 10.2. The van der Waals surface area contributed by atoms with Crippen molar-refractivity contribution in [2.75, 3.05) is 31.6 Å². The van der Waals surface area contributed by atoms with Crippen LogP contribution in [0.15, 0.2) is 36.9 Å². The van der Waals surface area contributed by atoms with Crippen molar-refractivity contribution in [2.45, 2.75) is 38.8 Å². The first-order valence-electron chi connectivity index (χ1n) is 11.3. The fraction of sp³-hybridized carbons (Fsp3) is 0.455. The predicted octanol–water partition coefficient (Wildman–Crippen LogP) is 0.487. The van der Waals surface area contributed by atoms with Crippen molar-refractivity contribution < 1.29 is 14.3 Å². The van der Waals surface area contributed by atoms with Gasteiger partial charge in [0, 0.05) is 50.3 Å². The Morgan fingerprint density at radius 1 is 1.24 bits per heavy atom. The monoisotopic (exact) mass is 465 g/mol. The van der Waals surface area contributed by atoms with Crippen LogP contribution < -0.4 is 15.4 Å². The van der Waals surface area contributed by atoms with Crippen molar-refractivity contribution in [1.82, 2.24) is 40.2 Å². The van der Waals surface area contributed by atoms with Gasteiger partial charge in [0.05, 0.1) is 31.5 Å². The maximum absolute atomic E-state index is 13.1. The highest BCUT2D eigenvalue weighted by molar-refractivity contribution is 5.95. The van der Waals surface area contributed by atoms with Gasteiger partial charge in [0.2, 0.25) is 5.95 Å². The molecule has 2 aliphatic heterocycles. The SMILES string of the molecule is CCNc1ncc(CN2C[C@@H]3NC(=O)c4ncccc4OCCn4cc(nn4)CO[C@H]3C2)cn1. The lowest BCUT2D eigenvalue weighted by molar-refractivity contribution is 0.0292. The number of hydrogen-bond donors (Lipinski definition) is 2. The number of nitrogens with zero attached hydrogens (tertiary/aromatic N) is 7. The van der Waals surface area contributed by atoms with E-state index in [1.807, 2.05) is 25.5 Å². The van der Waals surface area contributed by atoms with Gasteiger partial charge in [-0.05, 0) is 19.1 Å². The van der Waals surface area contributed by atoms with Crippen LogP contribution in [-0.4, -0.2) is 79.1 Å². The summed E-state index contributed by atoms with van der Waals surface area (Å²) in [5.74, 6) is 0.753. The van der Waals surface area contributed by atoms with Gasteiger partial charge in [0.1, 0.15) is 12.3 Å². The highest BCUT2D eigenvalue weighted by Crippen LogP contribution is 2.21. The van der Waals surface area contributed by atoms with E-state index in [1.165, 1.54) is 0 Å². The lowest BCUT2D eigenvalue weighted by Crippen LogP contribution is -2.44. The first-order chi connectivity index (χ1) is 16.7. The summed E-state index contributed by atoms with van der Waals surface area (Å²) in [6, 6.07) is 3.25. The highest BCUT2D eigenvalue weighted by Gasteiger charge is 2.35. The largest absolute Gasteiger partial charge is 0.489 e. The topological polar surface area (TPSA) is 132 Å². The Morgan fingerprint density at radius 2 is 2.12 bits per heavy atom. The van der Waals surface area contributed by atoms with Crippen molar-refractivity contribution in [2.24, 2.45) is 0 Å². The number of ether oxygens (including phenoxy) is 2. The summed E-state index contributed by atoms with van der Waals surface area (Å²) >= 11 is 0. The number of pyridine rings is 1. The van der Waals surface area contributed by atoms with Crippen molar-refractivity contribution in [1.29, 1.82) is 0 Å². The maximum atomic E-state index is 13.1. The minimum atomic E-state index is -0.289.